The molecule has 0 saturated carbocycles. The fraction of sp³-hybridized carbons (Fsp3) is 0.316. The largest absolute Gasteiger partial charge is 0.504 e. The quantitative estimate of drug-likeness (QED) is 0.726. The molecule has 1 aliphatic rings. The summed E-state index contributed by atoms with van der Waals surface area (Å²) >= 11 is 5.86. The van der Waals surface area contributed by atoms with Crippen LogP contribution in [0.25, 0.3) is 0 Å². The van der Waals surface area contributed by atoms with E-state index >= 15 is 0 Å². The Labute approximate surface area is 161 Å². The molecule has 8 heteroatoms. The van der Waals surface area contributed by atoms with Gasteiger partial charge in [-0.25, -0.2) is 4.98 Å². The number of halogens is 1. The van der Waals surface area contributed by atoms with Crippen LogP contribution in [0.15, 0.2) is 36.5 Å². The zero-order valence-electron chi connectivity index (χ0n) is 14.6. The van der Waals surface area contributed by atoms with Crippen molar-refractivity contribution >= 4 is 29.3 Å². The molecule has 1 aromatic heterocycles. The Morgan fingerprint density at radius 2 is 1.89 bits per heavy atom. The van der Waals surface area contributed by atoms with E-state index in [4.69, 9.17) is 16.7 Å². The van der Waals surface area contributed by atoms with Crippen molar-refractivity contribution in [3.8, 4) is 5.75 Å². The Balaban J connectivity index is 1.60. The number of hydrogen-bond acceptors (Lipinski definition) is 5. The lowest BCUT2D eigenvalue weighted by molar-refractivity contribution is -0.134. The highest BCUT2D eigenvalue weighted by molar-refractivity contribution is 6.30. The number of aromatic hydroxyl groups is 1. The molecule has 1 aromatic carbocycles. The van der Waals surface area contributed by atoms with Crippen LogP contribution in [0, 0.1) is 0 Å². The summed E-state index contributed by atoms with van der Waals surface area (Å²) in [6, 6.07) is 8.47. The van der Waals surface area contributed by atoms with Crippen molar-refractivity contribution in [1.82, 2.24) is 9.88 Å². The van der Waals surface area contributed by atoms with Gasteiger partial charge in [-0.05, 0) is 54.7 Å². The van der Waals surface area contributed by atoms with Gasteiger partial charge >= 0.3 is 5.97 Å². The number of anilines is 1. The number of carboxylic acids is 1. The third kappa shape index (κ3) is 4.68. The van der Waals surface area contributed by atoms with E-state index < -0.39 is 5.97 Å². The Hall–Kier alpha value is -2.80. The number of likely N-dealkylation sites (tertiary alicyclic amines) is 1. The maximum atomic E-state index is 12.6. The maximum Gasteiger partial charge on any atom is 0.322 e. The summed E-state index contributed by atoms with van der Waals surface area (Å²) in [5.41, 5.74) is 1.50. The minimum atomic E-state index is -1.03. The summed E-state index contributed by atoms with van der Waals surface area (Å²) in [5.74, 6) is -0.784. The molecule has 0 spiro atoms. The van der Waals surface area contributed by atoms with Gasteiger partial charge in [0.2, 0.25) is 0 Å². The number of benzene rings is 1. The van der Waals surface area contributed by atoms with Gasteiger partial charge < -0.3 is 20.4 Å². The number of pyridine rings is 1. The number of hydrogen-bond donors (Lipinski definition) is 3. The summed E-state index contributed by atoms with van der Waals surface area (Å²) in [6.45, 7) is 0.920. The number of amides is 1. The molecular formula is C19H20ClN3O4. The van der Waals surface area contributed by atoms with Crippen molar-refractivity contribution in [3.05, 3.63) is 52.7 Å². The number of carboxylic acid groups (broad SMARTS) is 1. The summed E-state index contributed by atoms with van der Waals surface area (Å²) in [5, 5.41) is 21.9. The van der Waals surface area contributed by atoms with Crippen molar-refractivity contribution in [2.75, 3.05) is 25.0 Å². The molecule has 1 amide bonds. The average molecular weight is 390 g/mol. The molecule has 0 radical (unpaired) electrons. The Morgan fingerprint density at radius 1 is 1.22 bits per heavy atom. The van der Waals surface area contributed by atoms with Crippen LogP contribution in [0.3, 0.4) is 0 Å². The first-order valence-electron chi connectivity index (χ1n) is 8.63. The van der Waals surface area contributed by atoms with Crippen LogP contribution in [0.4, 0.5) is 5.82 Å². The first-order chi connectivity index (χ1) is 12.9. The molecule has 3 rings (SSSR count). The SMILES string of the molecule is O=C(O)CNc1ncc(C2CCN(C(=O)c3ccc(Cl)cc3)CC2)cc1O. The highest BCUT2D eigenvalue weighted by atomic mass is 35.5. The zero-order valence-corrected chi connectivity index (χ0v) is 15.3. The van der Waals surface area contributed by atoms with Crippen LogP contribution in [-0.2, 0) is 4.79 Å². The smallest absolute Gasteiger partial charge is 0.322 e. The van der Waals surface area contributed by atoms with Crippen molar-refractivity contribution < 1.29 is 19.8 Å². The number of rotatable bonds is 5. The number of aromatic nitrogens is 1. The molecule has 0 aliphatic carbocycles. The van der Waals surface area contributed by atoms with E-state index in [2.05, 4.69) is 10.3 Å². The van der Waals surface area contributed by atoms with Gasteiger partial charge in [-0.2, -0.15) is 0 Å². The first kappa shape index (κ1) is 19.0. The fourth-order valence-electron chi connectivity index (χ4n) is 3.18. The van der Waals surface area contributed by atoms with Crippen LogP contribution in [0.2, 0.25) is 5.02 Å². The molecule has 0 atom stereocenters. The predicted molar refractivity (Wildman–Crippen MR) is 101 cm³/mol. The highest BCUT2D eigenvalue weighted by Gasteiger charge is 2.25. The van der Waals surface area contributed by atoms with Gasteiger partial charge in [-0.1, -0.05) is 11.6 Å². The van der Waals surface area contributed by atoms with Gasteiger partial charge in [0.25, 0.3) is 5.91 Å². The third-order valence-corrected chi connectivity index (χ3v) is 4.89. The van der Waals surface area contributed by atoms with E-state index in [-0.39, 0.29) is 29.9 Å². The van der Waals surface area contributed by atoms with Gasteiger partial charge in [0.15, 0.2) is 11.6 Å². The summed E-state index contributed by atoms with van der Waals surface area (Å²) in [7, 11) is 0. The van der Waals surface area contributed by atoms with Crippen molar-refractivity contribution in [2.45, 2.75) is 18.8 Å². The minimum Gasteiger partial charge on any atom is -0.504 e. The fourth-order valence-corrected chi connectivity index (χ4v) is 3.30. The van der Waals surface area contributed by atoms with Gasteiger partial charge in [0.05, 0.1) is 0 Å². The van der Waals surface area contributed by atoms with E-state index in [0.717, 1.165) is 18.4 Å². The van der Waals surface area contributed by atoms with E-state index in [1.54, 1.807) is 36.5 Å². The standard InChI is InChI=1S/C19H20ClN3O4/c20-15-3-1-13(2-4-15)19(27)23-7-5-12(6-8-23)14-9-16(24)18(21-10-14)22-11-17(25)26/h1-4,9-10,12,24H,5-8,11H2,(H,21,22)(H,25,26). The minimum absolute atomic E-state index is 0.0145. The molecule has 2 aromatic rings. The normalized spacial score (nSPS) is 14.8. The Bertz CT molecular complexity index is 833. The molecule has 3 N–H and O–H groups in total. The Kier molecular flexibility index (Phi) is 5.81. The van der Waals surface area contributed by atoms with Crippen LogP contribution in [0.1, 0.15) is 34.7 Å². The number of aliphatic carboxylic acids is 1. The lowest BCUT2D eigenvalue weighted by Gasteiger charge is -2.32. The summed E-state index contributed by atoms with van der Waals surface area (Å²) in [4.78, 5) is 29.1. The van der Waals surface area contributed by atoms with Crippen molar-refractivity contribution in [2.24, 2.45) is 0 Å². The van der Waals surface area contributed by atoms with Crippen molar-refractivity contribution in [3.63, 3.8) is 0 Å². The number of carbonyl (C=O) groups is 2. The molecule has 1 saturated heterocycles. The first-order valence-corrected chi connectivity index (χ1v) is 9.01. The molecular weight excluding hydrogens is 370 g/mol. The van der Waals surface area contributed by atoms with E-state index in [1.807, 2.05) is 4.90 Å². The van der Waals surface area contributed by atoms with Crippen molar-refractivity contribution in [1.29, 1.82) is 0 Å². The highest BCUT2D eigenvalue weighted by Crippen LogP contribution is 2.32. The topological polar surface area (TPSA) is 103 Å². The molecule has 142 valence electrons. The van der Waals surface area contributed by atoms with E-state index in [1.165, 1.54) is 0 Å². The molecule has 7 nitrogen and oxygen atoms in total. The third-order valence-electron chi connectivity index (χ3n) is 4.64. The van der Waals surface area contributed by atoms with Gasteiger partial charge in [-0.15, -0.1) is 0 Å². The lowest BCUT2D eigenvalue weighted by Crippen LogP contribution is -2.37. The number of nitrogens with zero attached hydrogens (tertiary/aromatic N) is 2. The predicted octanol–water partition coefficient (Wildman–Crippen LogP) is 2.96. The van der Waals surface area contributed by atoms with Crippen LogP contribution < -0.4 is 5.32 Å². The maximum absolute atomic E-state index is 12.6. The van der Waals surface area contributed by atoms with Gasteiger partial charge in [0.1, 0.15) is 6.54 Å². The number of piperidine rings is 1. The molecule has 27 heavy (non-hydrogen) atoms. The van der Waals surface area contributed by atoms with Gasteiger partial charge in [-0.3, -0.25) is 9.59 Å². The second-order valence-electron chi connectivity index (χ2n) is 6.46. The molecule has 1 aliphatic heterocycles. The number of carbonyl (C=O) groups excluding carboxylic acids is 1. The second-order valence-corrected chi connectivity index (χ2v) is 6.89. The molecule has 2 heterocycles. The average Bonchev–Trinajstić information content (AvgIpc) is 2.67. The Morgan fingerprint density at radius 3 is 2.48 bits per heavy atom. The van der Waals surface area contributed by atoms with Crippen LogP contribution >= 0.6 is 11.6 Å². The summed E-state index contributed by atoms with van der Waals surface area (Å²) < 4.78 is 0. The van der Waals surface area contributed by atoms with Crippen LogP contribution in [-0.4, -0.2) is 51.6 Å². The zero-order chi connectivity index (χ0) is 19.4. The number of nitrogens with one attached hydrogen (secondary N) is 1. The van der Waals surface area contributed by atoms with Crippen LogP contribution in [0.5, 0.6) is 5.75 Å². The van der Waals surface area contributed by atoms with E-state index in [9.17, 15) is 14.7 Å². The van der Waals surface area contributed by atoms with E-state index in [0.29, 0.717) is 23.7 Å². The van der Waals surface area contributed by atoms with Gasteiger partial charge in [0, 0.05) is 29.9 Å². The second kappa shape index (κ2) is 8.26. The molecule has 0 bridgehead atoms. The summed E-state index contributed by atoms with van der Waals surface area (Å²) in [6.07, 6.45) is 3.18. The molecule has 0 unspecified atom stereocenters. The molecule has 1 fully saturated rings. The monoisotopic (exact) mass is 389 g/mol. The lowest BCUT2D eigenvalue weighted by atomic mass is 9.90.